The van der Waals surface area contributed by atoms with E-state index in [2.05, 4.69) is 23.2 Å². The summed E-state index contributed by atoms with van der Waals surface area (Å²) in [6.07, 6.45) is 0. The predicted molar refractivity (Wildman–Crippen MR) is 59.6 cm³/mol. The van der Waals surface area contributed by atoms with Crippen LogP contribution in [0.2, 0.25) is 0 Å². The third-order valence-electron chi connectivity index (χ3n) is 2.28. The summed E-state index contributed by atoms with van der Waals surface area (Å²) in [7, 11) is 3.89. The molecule has 0 atom stereocenters. The molecule has 0 fully saturated rings. The van der Waals surface area contributed by atoms with Crippen molar-refractivity contribution >= 4 is 11.4 Å². The Kier molecular flexibility index (Phi) is 3.35. The first kappa shape index (κ1) is 10.4. The first-order chi connectivity index (χ1) is 6.72. The molecule has 0 spiro atoms. The molecule has 0 unspecified atom stereocenters. The van der Waals surface area contributed by atoms with Crippen molar-refractivity contribution < 1.29 is 0 Å². The second kappa shape index (κ2) is 4.52. The summed E-state index contributed by atoms with van der Waals surface area (Å²) in [5.74, 6) is 0. The summed E-state index contributed by atoms with van der Waals surface area (Å²) in [6.45, 7) is 3.00. The molecule has 1 aromatic carbocycles. The molecule has 0 bridgehead atoms. The zero-order chi connectivity index (χ0) is 10.6. The minimum atomic E-state index is 0.694. The SMILES string of the molecule is CCN(C)c1cc(C#N)ccc1NC. The molecular formula is C11H15N3. The number of nitrogens with zero attached hydrogens (tertiary/aromatic N) is 2. The third-order valence-corrected chi connectivity index (χ3v) is 2.28. The molecule has 0 aliphatic rings. The number of nitrogens with one attached hydrogen (secondary N) is 1. The zero-order valence-corrected chi connectivity index (χ0v) is 8.83. The highest BCUT2D eigenvalue weighted by Gasteiger charge is 2.05. The van der Waals surface area contributed by atoms with Crippen LogP contribution in [0.1, 0.15) is 12.5 Å². The van der Waals surface area contributed by atoms with Crippen molar-refractivity contribution in [2.45, 2.75) is 6.92 Å². The maximum atomic E-state index is 8.79. The van der Waals surface area contributed by atoms with Gasteiger partial charge in [0.25, 0.3) is 0 Å². The lowest BCUT2D eigenvalue weighted by Gasteiger charge is -2.20. The molecule has 0 saturated heterocycles. The van der Waals surface area contributed by atoms with E-state index in [1.54, 1.807) is 0 Å². The van der Waals surface area contributed by atoms with Gasteiger partial charge < -0.3 is 10.2 Å². The zero-order valence-electron chi connectivity index (χ0n) is 8.83. The lowest BCUT2D eigenvalue weighted by Crippen LogP contribution is -2.17. The van der Waals surface area contributed by atoms with Gasteiger partial charge in [-0.15, -0.1) is 0 Å². The van der Waals surface area contributed by atoms with Gasteiger partial charge in [0.2, 0.25) is 0 Å². The van der Waals surface area contributed by atoms with Gasteiger partial charge in [-0.25, -0.2) is 0 Å². The van der Waals surface area contributed by atoms with Crippen molar-refractivity contribution in [3.63, 3.8) is 0 Å². The molecule has 0 radical (unpaired) electrons. The van der Waals surface area contributed by atoms with Crippen LogP contribution in [0.15, 0.2) is 18.2 Å². The quantitative estimate of drug-likeness (QED) is 0.791. The Bertz CT molecular complexity index is 352. The van der Waals surface area contributed by atoms with Crippen LogP contribution in [-0.2, 0) is 0 Å². The Balaban J connectivity index is 3.16. The standard InChI is InChI=1S/C11H15N3/c1-4-14(3)11-7-9(8-12)5-6-10(11)13-2/h5-7,13H,4H2,1-3H3. The van der Waals surface area contributed by atoms with Gasteiger partial charge in [-0.05, 0) is 25.1 Å². The van der Waals surface area contributed by atoms with Crippen LogP contribution in [0.4, 0.5) is 11.4 Å². The lowest BCUT2D eigenvalue weighted by molar-refractivity contribution is 0.968. The molecule has 0 saturated carbocycles. The summed E-state index contributed by atoms with van der Waals surface area (Å²) in [4.78, 5) is 2.10. The molecule has 3 nitrogen and oxygen atoms in total. The molecule has 74 valence electrons. The van der Waals surface area contributed by atoms with Gasteiger partial charge in [0.1, 0.15) is 0 Å². The molecule has 0 aliphatic heterocycles. The smallest absolute Gasteiger partial charge is 0.0992 e. The van der Waals surface area contributed by atoms with Gasteiger partial charge in [0, 0.05) is 20.6 Å². The van der Waals surface area contributed by atoms with Crippen LogP contribution < -0.4 is 10.2 Å². The van der Waals surface area contributed by atoms with E-state index in [-0.39, 0.29) is 0 Å². The van der Waals surface area contributed by atoms with Gasteiger partial charge in [0.15, 0.2) is 0 Å². The fourth-order valence-corrected chi connectivity index (χ4v) is 1.30. The summed E-state index contributed by atoms with van der Waals surface area (Å²) >= 11 is 0. The second-order valence-corrected chi connectivity index (χ2v) is 3.11. The van der Waals surface area contributed by atoms with Crippen LogP contribution in [0, 0.1) is 11.3 Å². The van der Waals surface area contributed by atoms with E-state index in [0.29, 0.717) is 5.56 Å². The highest BCUT2D eigenvalue weighted by molar-refractivity contribution is 5.71. The number of benzene rings is 1. The minimum absolute atomic E-state index is 0.694. The average molecular weight is 189 g/mol. The van der Waals surface area contributed by atoms with E-state index in [9.17, 15) is 0 Å². The molecular weight excluding hydrogens is 174 g/mol. The fourth-order valence-electron chi connectivity index (χ4n) is 1.30. The fraction of sp³-hybridized carbons (Fsp3) is 0.364. The Morgan fingerprint density at radius 1 is 1.50 bits per heavy atom. The molecule has 0 heterocycles. The summed E-state index contributed by atoms with van der Waals surface area (Å²) in [6, 6.07) is 7.79. The van der Waals surface area contributed by atoms with E-state index in [1.165, 1.54) is 0 Å². The van der Waals surface area contributed by atoms with Gasteiger partial charge in [-0.3, -0.25) is 0 Å². The molecule has 0 aromatic heterocycles. The largest absolute Gasteiger partial charge is 0.386 e. The van der Waals surface area contributed by atoms with E-state index in [4.69, 9.17) is 5.26 Å². The Hall–Kier alpha value is -1.69. The molecule has 3 heteroatoms. The molecule has 1 rings (SSSR count). The molecule has 0 aliphatic carbocycles. The van der Waals surface area contributed by atoms with Crippen molar-refractivity contribution in [1.29, 1.82) is 5.26 Å². The second-order valence-electron chi connectivity index (χ2n) is 3.11. The average Bonchev–Trinajstić information content (AvgIpc) is 2.27. The van der Waals surface area contributed by atoms with Crippen molar-refractivity contribution in [2.24, 2.45) is 0 Å². The van der Waals surface area contributed by atoms with Crippen LogP contribution >= 0.6 is 0 Å². The van der Waals surface area contributed by atoms with Gasteiger partial charge in [0.05, 0.1) is 23.0 Å². The first-order valence-electron chi connectivity index (χ1n) is 4.66. The normalized spacial score (nSPS) is 9.29. The van der Waals surface area contributed by atoms with Gasteiger partial charge >= 0.3 is 0 Å². The topological polar surface area (TPSA) is 39.1 Å². The number of hydrogen-bond donors (Lipinski definition) is 1. The van der Waals surface area contributed by atoms with Gasteiger partial charge in [-0.1, -0.05) is 0 Å². The predicted octanol–water partition coefficient (Wildman–Crippen LogP) is 2.06. The highest BCUT2D eigenvalue weighted by Crippen LogP contribution is 2.25. The van der Waals surface area contributed by atoms with Gasteiger partial charge in [-0.2, -0.15) is 5.26 Å². The van der Waals surface area contributed by atoms with Crippen molar-refractivity contribution in [2.75, 3.05) is 30.9 Å². The van der Waals surface area contributed by atoms with Crippen LogP contribution in [0.5, 0.6) is 0 Å². The molecule has 1 aromatic rings. The maximum absolute atomic E-state index is 8.79. The van der Waals surface area contributed by atoms with Crippen molar-refractivity contribution in [3.05, 3.63) is 23.8 Å². The first-order valence-corrected chi connectivity index (χ1v) is 4.66. The van der Waals surface area contributed by atoms with E-state index >= 15 is 0 Å². The highest BCUT2D eigenvalue weighted by atomic mass is 15.1. The third kappa shape index (κ3) is 1.97. The molecule has 14 heavy (non-hydrogen) atoms. The number of nitriles is 1. The number of rotatable bonds is 3. The van der Waals surface area contributed by atoms with E-state index in [1.807, 2.05) is 32.3 Å². The number of hydrogen-bond acceptors (Lipinski definition) is 3. The van der Waals surface area contributed by atoms with Crippen molar-refractivity contribution in [3.8, 4) is 6.07 Å². The number of anilines is 2. The maximum Gasteiger partial charge on any atom is 0.0992 e. The Morgan fingerprint density at radius 3 is 2.71 bits per heavy atom. The summed E-state index contributed by atoms with van der Waals surface area (Å²) < 4.78 is 0. The monoisotopic (exact) mass is 189 g/mol. The molecule has 0 amide bonds. The Labute approximate surface area is 85.0 Å². The van der Waals surface area contributed by atoms with E-state index < -0.39 is 0 Å². The Morgan fingerprint density at radius 2 is 2.21 bits per heavy atom. The minimum Gasteiger partial charge on any atom is -0.386 e. The van der Waals surface area contributed by atoms with Crippen LogP contribution in [0.3, 0.4) is 0 Å². The van der Waals surface area contributed by atoms with Crippen LogP contribution in [0.25, 0.3) is 0 Å². The van der Waals surface area contributed by atoms with E-state index in [0.717, 1.165) is 17.9 Å². The van der Waals surface area contributed by atoms with Crippen LogP contribution in [-0.4, -0.2) is 20.6 Å². The lowest BCUT2D eigenvalue weighted by atomic mass is 10.1. The molecule has 1 N–H and O–H groups in total. The summed E-state index contributed by atoms with van der Waals surface area (Å²) in [5, 5.41) is 11.9. The summed E-state index contributed by atoms with van der Waals surface area (Å²) in [5.41, 5.74) is 2.81. The van der Waals surface area contributed by atoms with Crippen molar-refractivity contribution in [1.82, 2.24) is 0 Å².